The molecule has 0 unspecified atom stereocenters. The van der Waals surface area contributed by atoms with E-state index in [-0.39, 0.29) is 41.4 Å². The van der Waals surface area contributed by atoms with E-state index in [0.29, 0.717) is 23.7 Å². The van der Waals surface area contributed by atoms with Crippen LogP contribution in [-0.4, -0.2) is 47.4 Å². The van der Waals surface area contributed by atoms with E-state index in [2.05, 4.69) is 20.6 Å². The number of rotatable bonds is 7. The number of aromatic nitrogens is 2. The van der Waals surface area contributed by atoms with E-state index in [1.165, 1.54) is 18.3 Å². The van der Waals surface area contributed by atoms with Gasteiger partial charge in [0, 0.05) is 24.2 Å². The number of aryl methyl sites for hydroxylation is 1. The third-order valence-corrected chi connectivity index (χ3v) is 5.01. The normalized spacial score (nSPS) is 13.9. The van der Waals surface area contributed by atoms with Gasteiger partial charge in [-0.15, -0.1) is 0 Å². The minimum atomic E-state index is -4.56. The van der Waals surface area contributed by atoms with Gasteiger partial charge < -0.3 is 20.3 Å². The number of halogens is 3. The Hall–Kier alpha value is -3.73. The summed E-state index contributed by atoms with van der Waals surface area (Å²) in [5.41, 5.74) is 0.627. The van der Waals surface area contributed by atoms with Gasteiger partial charge in [-0.05, 0) is 51.7 Å². The molecule has 0 aliphatic heterocycles. The lowest BCUT2D eigenvalue weighted by molar-refractivity contribution is -0.138. The minimum absolute atomic E-state index is 0.00172. The highest BCUT2D eigenvalue weighted by molar-refractivity contribution is 6.01. The Bertz CT molecular complexity index is 1190. The van der Waals surface area contributed by atoms with Gasteiger partial charge >= 0.3 is 12.2 Å². The van der Waals surface area contributed by atoms with Crippen molar-refractivity contribution in [2.75, 3.05) is 31.3 Å². The number of nitrogens with zero attached hydrogens (tertiary/aromatic N) is 3. The van der Waals surface area contributed by atoms with Gasteiger partial charge in [0.2, 0.25) is 5.78 Å². The highest BCUT2D eigenvalue weighted by Gasteiger charge is 2.33. The Morgan fingerprint density at radius 3 is 2.60 bits per heavy atom. The number of urea groups is 1. The number of hydrogen-bond donors (Lipinski definition) is 2. The number of anilines is 2. The molecule has 0 bridgehead atoms. The van der Waals surface area contributed by atoms with Crippen LogP contribution in [0.15, 0.2) is 42.3 Å². The average Bonchev–Trinajstić information content (AvgIpc) is 2.77. The van der Waals surface area contributed by atoms with Gasteiger partial charge in [-0.25, -0.2) is 14.8 Å². The first-order chi connectivity index (χ1) is 16.5. The quantitative estimate of drug-likeness (QED) is 0.581. The van der Waals surface area contributed by atoms with Crippen molar-refractivity contribution in [1.82, 2.24) is 14.9 Å². The molecule has 2 aromatic rings. The zero-order valence-electron chi connectivity index (χ0n) is 19.8. The van der Waals surface area contributed by atoms with Crippen LogP contribution in [0.5, 0.6) is 0 Å². The van der Waals surface area contributed by atoms with Crippen molar-refractivity contribution in [1.29, 1.82) is 0 Å². The lowest BCUT2D eigenvalue weighted by Crippen LogP contribution is -2.22. The monoisotopic (exact) mass is 489 g/mol. The number of amides is 2. The number of allylic oxidation sites excluding steroid dienone is 4. The molecule has 8 nitrogen and oxygen atoms in total. The van der Waals surface area contributed by atoms with E-state index < -0.39 is 17.8 Å². The van der Waals surface area contributed by atoms with Crippen LogP contribution in [-0.2, 0) is 22.3 Å². The smallest absolute Gasteiger partial charge is 0.416 e. The first-order valence-electron chi connectivity index (χ1n) is 10.8. The van der Waals surface area contributed by atoms with Crippen LogP contribution in [0.1, 0.15) is 36.0 Å². The molecule has 2 N–H and O–H groups in total. The number of ether oxygens (including phenoxy) is 1. The third kappa shape index (κ3) is 6.66. The first-order valence-corrected chi connectivity index (χ1v) is 10.8. The van der Waals surface area contributed by atoms with Crippen LogP contribution in [0.2, 0.25) is 0 Å². The van der Waals surface area contributed by atoms with Crippen LogP contribution < -0.4 is 10.6 Å². The number of ketones is 1. The van der Waals surface area contributed by atoms with Crippen LogP contribution >= 0.6 is 0 Å². The molecule has 0 radical (unpaired) electrons. The molecule has 1 aromatic carbocycles. The van der Waals surface area contributed by atoms with Gasteiger partial charge in [0.1, 0.15) is 0 Å². The molecule has 11 heteroatoms. The third-order valence-electron chi connectivity index (χ3n) is 5.01. The molecule has 1 aliphatic carbocycles. The maximum absolute atomic E-state index is 13.5. The molecule has 35 heavy (non-hydrogen) atoms. The van der Waals surface area contributed by atoms with Gasteiger partial charge in [-0.1, -0.05) is 12.1 Å². The average molecular weight is 489 g/mol. The number of carbonyl (C=O) groups is 2. The predicted molar refractivity (Wildman–Crippen MR) is 126 cm³/mol. The molecule has 1 heterocycles. The van der Waals surface area contributed by atoms with E-state index in [1.54, 1.807) is 45.0 Å². The van der Waals surface area contributed by atoms with Gasteiger partial charge in [0.25, 0.3) is 0 Å². The Balaban J connectivity index is 1.74. The number of benzene rings is 1. The number of nitrogens with one attached hydrogen (secondary N) is 2. The zero-order valence-corrected chi connectivity index (χ0v) is 19.8. The first kappa shape index (κ1) is 25.9. The largest absolute Gasteiger partial charge is 0.490 e. The van der Waals surface area contributed by atoms with Crippen molar-refractivity contribution in [3.05, 3.63) is 65.0 Å². The van der Waals surface area contributed by atoms with E-state index in [0.717, 1.165) is 6.07 Å². The molecular formula is C24H26F3N5O3. The van der Waals surface area contributed by atoms with Crippen molar-refractivity contribution in [3.63, 3.8) is 0 Å². The molecule has 3 rings (SSSR count). The summed E-state index contributed by atoms with van der Waals surface area (Å²) in [7, 11) is 3.35. The minimum Gasteiger partial charge on any atom is -0.490 e. The van der Waals surface area contributed by atoms with Crippen molar-refractivity contribution >= 4 is 28.8 Å². The standard InChI is InChI=1S/C24H26F3N5O3/c1-5-35-21-10-15(7-9-20(21)33)22-28-12-19(14(2)29-22)31-23(34)30-17-8-6-16(13-32(3)4)18(11-17)24(25,26)27/h6-8,10-12H,5,9,13H2,1-4H3,(H2,30,31,34). The van der Waals surface area contributed by atoms with Crippen LogP contribution in [0.25, 0.3) is 5.57 Å². The Labute approximate surface area is 200 Å². The molecule has 0 fully saturated rings. The summed E-state index contributed by atoms with van der Waals surface area (Å²) >= 11 is 0. The Kier molecular flexibility index (Phi) is 7.90. The summed E-state index contributed by atoms with van der Waals surface area (Å²) in [6.45, 7) is 3.89. The van der Waals surface area contributed by atoms with E-state index >= 15 is 0 Å². The van der Waals surface area contributed by atoms with Crippen molar-refractivity contribution < 1.29 is 27.5 Å². The highest BCUT2D eigenvalue weighted by atomic mass is 19.4. The van der Waals surface area contributed by atoms with Gasteiger partial charge in [-0.2, -0.15) is 13.2 Å². The molecule has 2 amide bonds. The summed E-state index contributed by atoms with van der Waals surface area (Å²) in [6, 6.07) is 2.93. The lowest BCUT2D eigenvalue weighted by Gasteiger charge is -2.18. The number of Topliss-reactive ketones (excluding diaryl/α,β-unsaturated/α-hetero) is 1. The summed E-state index contributed by atoms with van der Waals surface area (Å²) in [4.78, 5) is 34.6. The van der Waals surface area contributed by atoms with Crippen LogP contribution in [0.4, 0.5) is 29.3 Å². The number of hydrogen-bond acceptors (Lipinski definition) is 6. The summed E-state index contributed by atoms with van der Waals surface area (Å²) in [5.74, 6) is 0.456. The van der Waals surface area contributed by atoms with Crippen molar-refractivity contribution in [2.45, 2.75) is 33.0 Å². The topological polar surface area (TPSA) is 96.4 Å². The van der Waals surface area contributed by atoms with Gasteiger partial charge in [0.05, 0.1) is 29.7 Å². The van der Waals surface area contributed by atoms with E-state index in [4.69, 9.17) is 4.74 Å². The highest BCUT2D eigenvalue weighted by Crippen LogP contribution is 2.34. The fraction of sp³-hybridized carbons (Fsp3) is 0.333. The summed E-state index contributed by atoms with van der Waals surface area (Å²) in [6.07, 6.45) is 0.262. The van der Waals surface area contributed by atoms with Gasteiger partial charge in [0.15, 0.2) is 11.6 Å². The molecule has 1 aliphatic rings. The fourth-order valence-electron chi connectivity index (χ4n) is 3.43. The van der Waals surface area contributed by atoms with E-state index in [9.17, 15) is 22.8 Å². The van der Waals surface area contributed by atoms with Crippen molar-refractivity contribution in [3.8, 4) is 0 Å². The second-order valence-electron chi connectivity index (χ2n) is 8.11. The second kappa shape index (κ2) is 10.7. The number of carbonyl (C=O) groups excluding carboxylic acids is 2. The lowest BCUT2D eigenvalue weighted by atomic mass is 10.0. The van der Waals surface area contributed by atoms with E-state index in [1.807, 2.05) is 0 Å². The van der Waals surface area contributed by atoms with Gasteiger partial charge in [-0.3, -0.25) is 4.79 Å². The summed E-state index contributed by atoms with van der Waals surface area (Å²) in [5, 5.41) is 4.97. The molecule has 186 valence electrons. The SMILES string of the molecule is CCOC1=CC(c2ncc(NC(=O)Nc3ccc(CN(C)C)c(C(F)(F)F)c3)c(C)n2)=CCC1=O. The molecule has 0 saturated carbocycles. The van der Waals surface area contributed by atoms with Crippen molar-refractivity contribution in [2.24, 2.45) is 0 Å². The maximum atomic E-state index is 13.5. The predicted octanol–water partition coefficient (Wildman–Crippen LogP) is 4.79. The summed E-state index contributed by atoms with van der Waals surface area (Å²) < 4.78 is 45.8. The fourth-order valence-corrected chi connectivity index (χ4v) is 3.43. The molecule has 0 spiro atoms. The zero-order chi connectivity index (χ0) is 25.8. The molecule has 0 saturated heterocycles. The van der Waals surface area contributed by atoms with Crippen LogP contribution in [0, 0.1) is 6.92 Å². The Morgan fingerprint density at radius 2 is 1.97 bits per heavy atom. The molecule has 0 atom stereocenters. The van der Waals surface area contributed by atoms with Crippen LogP contribution in [0.3, 0.4) is 0 Å². The Morgan fingerprint density at radius 1 is 1.23 bits per heavy atom. The molecular weight excluding hydrogens is 463 g/mol. The maximum Gasteiger partial charge on any atom is 0.416 e. The molecule has 1 aromatic heterocycles. The second-order valence-corrected chi connectivity index (χ2v) is 8.11. The number of alkyl halides is 3.